The predicted octanol–water partition coefficient (Wildman–Crippen LogP) is 4.40. The van der Waals surface area contributed by atoms with E-state index in [0.717, 1.165) is 19.3 Å². The second-order valence-corrected chi connectivity index (χ2v) is 6.67. The Hall–Kier alpha value is -2.33. The molecule has 5 heteroatoms. The Balaban J connectivity index is 1.61. The number of nitrogens with one attached hydrogen (secondary N) is 1. The lowest BCUT2D eigenvalue weighted by atomic mass is 9.90. The monoisotopic (exact) mass is 357 g/mol. The van der Waals surface area contributed by atoms with Crippen molar-refractivity contribution in [3.8, 4) is 0 Å². The van der Waals surface area contributed by atoms with E-state index >= 15 is 0 Å². The number of benzene rings is 2. The highest BCUT2D eigenvalue weighted by Gasteiger charge is 2.20. The van der Waals surface area contributed by atoms with Gasteiger partial charge >= 0.3 is 5.97 Å². The SMILES string of the molecule is C[C@H](OC(=O)c1ccc2c(c1)CCCC2)C(=O)Nc1ccc(Cl)cc1. The second kappa shape index (κ2) is 7.70. The molecule has 1 aliphatic rings. The molecule has 0 unspecified atom stereocenters. The first-order valence-corrected chi connectivity index (χ1v) is 8.80. The number of esters is 1. The molecule has 0 saturated carbocycles. The highest BCUT2D eigenvalue weighted by molar-refractivity contribution is 6.30. The van der Waals surface area contributed by atoms with Crippen LogP contribution in [0.3, 0.4) is 0 Å². The smallest absolute Gasteiger partial charge is 0.338 e. The number of anilines is 1. The molecule has 0 radical (unpaired) electrons. The first-order chi connectivity index (χ1) is 12.0. The van der Waals surface area contributed by atoms with Crippen LogP contribution in [0, 0.1) is 0 Å². The van der Waals surface area contributed by atoms with Gasteiger partial charge in [-0.15, -0.1) is 0 Å². The molecule has 0 aromatic heterocycles. The zero-order chi connectivity index (χ0) is 17.8. The summed E-state index contributed by atoms with van der Waals surface area (Å²) in [6, 6.07) is 12.4. The van der Waals surface area contributed by atoms with E-state index in [0.29, 0.717) is 16.3 Å². The highest BCUT2D eigenvalue weighted by Crippen LogP contribution is 2.23. The van der Waals surface area contributed by atoms with Crippen molar-refractivity contribution >= 4 is 29.2 Å². The first-order valence-electron chi connectivity index (χ1n) is 8.42. The van der Waals surface area contributed by atoms with Crippen LogP contribution in [0.25, 0.3) is 0 Å². The van der Waals surface area contributed by atoms with Gasteiger partial charge in [-0.3, -0.25) is 4.79 Å². The Kier molecular flexibility index (Phi) is 5.39. The molecular formula is C20H20ClNO3. The van der Waals surface area contributed by atoms with Crippen molar-refractivity contribution in [2.45, 2.75) is 38.7 Å². The first kappa shape index (κ1) is 17.5. The number of aryl methyl sites for hydroxylation is 2. The van der Waals surface area contributed by atoms with Gasteiger partial charge in [0, 0.05) is 10.7 Å². The van der Waals surface area contributed by atoms with Crippen LogP contribution in [0.2, 0.25) is 5.02 Å². The van der Waals surface area contributed by atoms with Crippen LogP contribution in [0.15, 0.2) is 42.5 Å². The minimum Gasteiger partial charge on any atom is -0.449 e. The summed E-state index contributed by atoms with van der Waals surface area (Å²) >= 11 is 5.82. The molecule has 25 heavy (non-hydrogen) atoms. The molecule has 2 aromatic carbocycles. The Morgan fingerprint density at radius 3 is 2.44 bits per heavy atom. The van der Waals surface area contributed by atoms with E-state index in [4.69, 9.17) is 16.3 Å². The molecule has 0 spiro atoms. The maximum Gasteiger partial charge on any atom is 0.338 e. The fraction of sp³-hybridized carbons (Fsp3) is 0.300. The largest absolute Gasteiger partial charge is 0.449 e. The quantitative estimate of drug-likeness (QED) is 0.825. The molecule has 2 aromatic rings. The number of ether oxygens (including phenoxy) is 1. The van der Waals surface area contributed by atoms with Crippen LogP contribution in [0.4, 0.5) is 5.69 Å². The minimum absolute atomic E-state index is 0.381. The molecule has 3 rings (SSSR count). The summed E-state index contributed by atoms with van der Waals surface area (Å²) in [5, 5.41) is 3.29. The minimum atomic E-state index is -0.890. The maximum atomic E-state index is 12.3. The van der Waals surface area contributed by atoms with Crippen molar-refractivity contribution < 1.29 is 14.3 Å². The summed E-state index contributed by atoms with van der Waals surface area (Å²) in [5.41, 5.74) is 3.60. The predicted molar refractivity (Wildman–Crippen MR) is 98.0 cm³/mol. The van der Waals surface area contributed by atoms with Crippen molar-refractivity contribution in [2.24, 2.45) is 0 Å². The molecular weight excluding hydrogens is 338 g/mol. The van der Waals surface area contributed by atoms with Gasteiger partial charge in [-0.05, 0) is 80.1 Å². The standard InChI is InChI=1S/C20H20ClNO3/c1-13(19(23)22-18-10-8-17(21)9-11-18)25-20(24)16-7-6-14-4-2-3-5-15(14)12-16/h6-13H,2-5H2,1H3,(H,22,23)/t13-/m0/s1. The number of halogens is 1. The Bertz CT molecular complexity index is 786. The summed E-state index contributed by atoms with van der Waals surface area (Å²) < 4.78 is 5.31. The van der Waals surface area contributed by atoms with Gasteiger partial charge in [-0.25, -0.2) is 4.79 Å². The van der Waals surface area contributed by atoms with Crippen molar-refractivity contribution in [3.05, 3.63) is 64.2 Å². The van der Waals surface area contributed by atoms with Crippen molar-refractivity contribution in [1.29, 1.82) is 0 Å². The summed E-state index contributed by atoms with van der Waals surface area (Å²) in [5.74, 6) is -0.860. The lowest BCUT2D eigenvalue weighted by molar-refractivity contribution is -0.123. The Labute approximate surface area is 152 Å². The molecule has 0 saturated heterocycles. The van der Waals surface area contributed by atoms with Gasteiger partial charge in [0.05, 0.1) is 5.56 Å². The third-order valence-electron chi connectivity index (χ3n) is 4.35. The fourth-order valence-corrected chi connectivity index (χ4v) is 3.05. The van der Waals surface area contributed by atoms with Gasteiger partial charge in [-0.1, -0.05) is 17.7 Å². The molecule has 0 fully saturated rings. The summed E-state index contributed by atoms with van der Waals surface area (Å²) in [7, 11) is 0. The van der Waals surface area contributed by atoms with E-state index in [2.05, 4.69) is 5.32 Å². The van der Waals surface area contributed by atoms with Gasteiger partial charge in [0.25, 0.3) is 5.91 Å². The maximum absolute atomic E-state index is 12.3. The third-order valence-corrected chi connectivity index (χ3v) is 4.60. The molecule has 0 heterocycles. The average Bonchev–Trinajstić information content (AvgIpc) is 2.63. The number of fused-ring (bicyclic) bond motifs is 1. The Morgan fingerprint density at radius 1 is 1.04 bits per heavy atom. The number of hydrogen-bond acceptors (Lipinski definition) is 3. The average molecular weight is 358 g/mol. The molecule has 0 aliphatic heterocycles. The number of carbonyl (C=O) groups excluding carboxylic acids is 2. The van der Waals surface area contributed by atoms with Crippen molar-refractivity contribution in [3.63, 3.8) is 0 Å². The topological polar surface area (TPSA) is 55.4 Å². The zero-order valence-corrected chi connectivity index (χ0v) is 14.8. The van der Waals surface area contributed by atoms with E-state index in [1.54, 1.807) is 37.3 Å². The number of rotatable bonds is 4. The van der Waals surface area contributed by atoms with Gasteiger partial charge in [0.1, 0.15) is 0 Å². The van der Waals surface area contributed by atoms with E-state index in [1.165, 1.54) is 17.5 Å². The number of hydrogen-bond donors (Lipinski definition) is 1. The van der Waals surface area contributed by atoms with E-state index in [1.807, 2.05) is 12.1 Å². The molecule has 130 valence electrons. The number of amides is 1. The fourth-order valence-electron chi connectivity index (χ4n) is 2.92. The summed E-state index contributed by atoms with van der Waals surface area (Å²) in [6.45, 7) is 1.56. The molecule has 1 N–H and O–H groups in total. The molecule has 0 bridgehead atoms. The van der Waals surface area contributed by atoms with Crippen LogP contribution in [-0.2, 0) is 22.4 Å². The van der Waals surface area contributed by atoms with Gasteiger partial charge in [-0.2, -0.15) is 0 Å². The molecule has 1 atom stereocenters. The lowest BCUT2D eigenvalue weighted by Crippen LogP contribution is -2.30. The van der Waals surface area contributed by atoms with Gasteiger partial charge in [0.2, 0.25) is 0 Å². The highest BCUT2D eigenvalue weighted by atomic mass is 35.5. The van der Waals surface area contributed by atoms with Gasteiger partial charge < -0.3 is 10.1 Å². The van der Waals surface area contributed by atoms with Gasteiger partial charge in [0.15, 0.2) is 6.10 Å². The van der Waals surface area contributed by atoms with E-state index < -0.39 is 12.1 Å². The molecule has 1 aliphatic carbocycles. The molecule has 4 nitrogen and oxygen atoms in total. The third kappa shape index (κ3) is 4.40. The van der Waals surface area contributed by atoms with Crippen molar-refractivity contribution in [2.75, 3.05) is 5.32 Å². The summed E-state index contributed by atoms with van der Waals surface area (Å²) in [6.07, 6.45) is 3.50. The van der Waals surface area contributed by atoms with E-state index in [9.17, 15) is 9.59 Å². The Morgan fingerprint density at radius 2 is 1.72 bits per heavy atom. The summed E-state index contributed by atoms with van der Waals surface area (Å²) in [4.78, 5) is 24.5. The zero-order valence-electron chi connectivity index (χ0n) is 14.0. The normalized spacial score (nSPS) is 14.3. The number of carbonyl (C=O) groups is 2. The van der Waals surface area contributed by atoms with Crippen LogP contribution in [-0.4, -0.2) is 18.0 Å². The second-order valence-electron chi connectivity index (χ2n) is 6.23. The lowest BCUT2D eigenvalue weighted by Gasteiger charge is -2.17. The van der Waals surface area contributed by atoms with Crippen molar-refractivity contribution in [1.82, 2.24) is 0 Å². The van der Waals surface area contributed by atoms with Crippen LogP contribution < -0.4 is 5.32 Å². The van der Waals surface area contributed by atoms with Crippen LogP contribution in [0.1, 0.15) is 41.3 Å². The van der Waals surface area contributed by atoms with Crippen LogP contribution >= 0.6 is 11.6 Å². The molecule has 1 amide bonds. The van der Waals surface area contributed by atoms with E-state index in [-0.39, 0.29) is 5.91 Å². The van der Waals surface area contributed by atoms with Crippen LogP contribution in [0.5, 0.6) is 0 Å².